The third-order valence-electron chi connectivity index (χ3n) is 4.14. The number of nitrogens with zero attached hydrogens (tertiary/aromatic N) is 1. The van der Waals surface area contributed by atoms with Crippen molar-refractivity contribution in [3.05, 3.63) is 74.8 Å². The van der Waals surface area contributed by atoms with Gasteiger partial charge in [0.15, 0.2) is 0 Å². The van der Waals surface area contributed by atoms with E-state index in [0.717, 1.165) is 11.1 Å². The molecule has 7 heteroatoms. The van der Waals surface area contributed by atoms with E-state index in [1.807, 2.05) is 31.2 Å². The van der Waals surface area contributed by atoms with Crippen LogP contribution in [0.4, 0.5) is 5.69 Å². The fourth-order valence-corrected chi connectivity index (χ4v) is 2.77. The highest BCUT2D eigenvalue weighted by Gasteiger charge is 2.26. The van der Waals surface area contributed by atoms with E-state index in [1.165, 1.54) is 12.1 Å². The van der Waals surface area contributed by atoms with Gasteiger partial charge in [-0.3, -0.25) is 19.7 Å². The van der Waals surface area contributed by atoms with Crippen LogP contribution in [-0.2, 0) is 9.53 Å². The van der Waals surface area contributed by atoms with Crippen molar-refractivity contribution in [3.8, 4) is 0 Å². The molecule has 0 radical (unpaired) electrons. The number of hydrogen-bond acceptors (Lipinski definition) is 5. The zero-order valence-electron chi connectivity index (χ0n) is 15.5. The van der Waals surface area contributed by atoms with E-state index in [0.29, 0.717) is 5.56 Å². The Balaban J connectivity index is 2.35. The van der Waals surface area contributed by atoms with E-state index in [4.69, 9.17) is 4.74 Å². The highest BCUT2D eigenvalue weighted by Crippen LogP contribution is 2.24. The summed E-state index contributed by atoms with van der Waals surface area (Å²) in [6, 6.07) is 11.2. The molecule has 2 rings (SSSR count). The molecule has 0 bridgehead atoms. The van der Waals surface area contributed by atoms with E-state index < -0.39 is 22.8 Å². The van der Waals surface area contributed by atoms with E-state index in [-0.39, 0.29) is 24.3 Å². The summed E-state index contributed by atoms with van der Waals surface area (Å²) < 4.78 is 4.99. The third kappa shape index (κ3) is 5.13. The molecule has 2 aromatic carbocycles. The zero-order chi connectivity index (χ0) is 20.0. The van der Waals surface area contributed by atoms with Gasteiger partial charge in [0, 0.05) is 6.07 Å². The van der Waals surface area contributed by atoms with Crippen LogP contribution in [0.5, 0.6) is 0 Å². The van der Waals surface area contributed by atoms with Gasteiger partial charge in [-0.2, -0.15) is 0 Å². The second-order valence-corrected chi connectivity index (χ2v) is 6.17. The van der Waals surface area contributed by atoms with Crippen LogP contribution in [0.2, 0.25) is 0 Å². The molecule has 1 amide bonds. The van der Waals surface area contributed by atoms with Crippen LogP contribution in [0.1, 0.15) is 46.4 Å². The quantitative estimate of drug-likeness (QED) is 0.456. The number of nitro groups is 1. The second kappa shape index (κ2) is 8.93. The van der Waals surface area contributed by atoms with Crippen molar-refractivity contribution < 1.29 is 19.2 Å². The molecule has 0 aliphatic heterocycles. The number of benzene rings is 2. The zero-order valence-corrected chi connectivity index (χ0v) is 15.5. The first-order valence-corrected chi connectivity index (χ1v) is 8.60. The molecule has 2 aromatic rings. The smallest absolute Gasteiger partial charge is 0.308 e. The summed E-state index contributed by atoms with van der Waals surface area (Å²) >= 11 is 0. The highest BCUT2D eigenvalue weighted by molar-refractivity contribution is 6.00. The Morgan fingerprint density at radius 3 is 2.41 bits per heavy atom. The Morgan fingerprint density at radius 1 is 1.15 bits per heavy atom. The maximum Gasteiger partial charge on any atom is 0.308 e. The molecule has 0 spiro atoms. The number of amides is 1. The SMILES string of the molecule is CCOC(=O)CC(NC(=O)c1c(C)cccc1[N+](=O)[O-])c1ccc(C)cc1. The Kier molecular flexibility index (Phi) is 6.65. The molecule has 0 saturated carbocycles. The maximum absolute atomic E-state index is 12.8. The van der Waals surface area contributed by atoms with Crippen LogP contribution < -0.4 is 5.32 Å². The summed E-state index contributed by atoms with van der Waals surface area (Å²) in [6.45, 7) is 5.50. The molecule has 0 aliphatic carbocycles. The molecule has 7 nitrogen and oxygen atoms in total. The Morgan fingerprint density at radius 2 is 1.81 bits per heavy atom. The molecule has 0 aromatic heterocycles. The molecule has 142 valence electrons. The summed E-state index contributed by atoms with van der Waals surface area (Å²) in [4.78, 5) is 35.5. The topological polar surface area (TPSA) is 98.5 Å². The average Bonchev–Trinajstić information content (AvgIpc) is 2.61. The van der Waals surface area contributed by atoms with Crippen molar-refractivity contribution in [2.24, 2.45) is 0 Å². The fourth-order valence-electron chi connectivity index (χ4n) is 2.77. The van der Waals surface area contributed by atoms with Crippen LogP contribution in [0.25, 0.3) is 0 Å². The number of ether oxygens (including phenoxy) is 1. The lowest BCUT2D eigenvalue weighted by Crippen LogP contribution is -2.31. The van der Waals surface area contributed by atoms with Gasteiger partial charge in [-0.15, -0.1) is 0 Å². The number of nitro benzene ring substituents is 1. The van der Waals surface area contributed by atoms with Crippen LogP contribution in [0, 0.1) is 24.0 Å². The summed E-state index contributed by atoms with van der Waals surface area (Å²) in [7, 11) is 0. The van der Waals surface area contributed by atoms with E-state index >= 15 is 0 Å². The van der Waals surface area contributed by atoms with Gasteiger partial charge < -0.3 is 10.1 Å². The summed E-state index contributed by atoms with van der Waals surface area (Å²) in [5.74, 6) is -1.06. The Hall–Kier alpha value is -3.22. The second-order valence-electron chi connectivity index (χ2n) is 6.17. The number of nitrogens with one attached hydrogen (secondary N) is 1. The van der Waals surface area contributed by atoms with E-state index in [2.05, 4.69) is 5.32 Å². The maximum atomic E-state index is 12.8. The molecular formula is C20H22N2O5. The number of esters is 1. The largest absolute Gasteiger partial charge is 0.466 e. The molecule has 0 heterocycles. The molecule has 1 atom stereocenters. The van der Waals surface area contributed by atoms with Gasteiger partial charge in [-0.05, 0) is 31.9 Å². The lowest BCUT2D eigenvalue weighted by atomic mass is 10.0. The number of carbonyl (C=O) groups is 2. The molecule has 0 aliphatic rings. The number of rotatable bonds is 7. The van der Waals surface area contributed by atoms with Crippen molar-refractivity contribution in [3.63, 3.8) is 0 Å². The third-order valence-corrected chi connectivity index (χ3v) is 4.14. The Labute approximate surface area is 157 Å². The van der Waals surface area contributed by atoms with Crippen molar-refractivity contribution in [1.82, 2.24) is 5.32 Å². The van der Waals surface area contributed by atoms with E-state index in [1.54, 1.807) is 19.9 Å². The minimum atomic E-state index is -0.656. The molecule has 0 saturated heterocycles. The van der Waals surface area contributed by atoms with E-state index in [9.17, 15) is 19.7 Å². The summed E-state index contributed by atoms with van der Waals surface area (Å²) in [6.07, 6.45) is -0.0671. The first kappa shape index (κ1) is 20.1. The monoisotopic (exact) mass is 370 g/mol. The van der Waals surface area contributed by atoms with Crippen molar-refractivity contribution in [2.75, 3.05) is 6.61 Å². The normalized spacial score (nSPS) is 11.5. The lowest BCUT2D eigenvalue weighted by molar-refractivity contribution is -0.385. The predicted octanol–water partition coefficient (Wildman–Crippen LogP) is 3.64. The van der Waals surface area contributed by atoms with Crippen LogP contribution in [0.3, 0.4) is 0 Å². The average molecular weight is 370 g/mol. The molecule has 1 unspecified atom stereocenters. The van der Waals surface area contributed by atoms with Crippen LogP contribution in [-0.4, -0.2) is 23.4 Å². The van der Waals surface area contributed by atoms with Crippen molar-refractivity contribution in [2.45, 2.75) is 33.2 Å². The highest BCUT2D eigenvalue weighted by atomic mass is 16.6. The van der Waals surface area contributed by atoms with Crippen LogP contribution in [0.15, 0.2) is 42.5 Å². The van der Waals surface area contributed by atoms with Gasteiger partial charge in [-0.1, -0.05) is 42.0 Å². The van der Waals surface area contributed by atoms with Crippen molar-refractivity contribution >= 4 is 17.6 Å². The van der Waals surface area contributed by atoms with Crippen molar-refractivity contribution in [1.29, 1.82) is 0 Å². The number of aryl methyl sites for hydroxylation is 2. The number of carbonyl (C=O) groups excluding carboxylic acids is 2. The molecule has 0 fully saturated rings. The molecular weight excluding hydrogens is 348 g/mol. The van der Waals surface area contributed by atoms with Gasteiger partial charge in [0.05, 0.1) is 24.0 Å². The predicted molar refractivity (Wildman–Crippen MR) is 100 cm³/mol. The standard InChI is InChI=1S/C20H22N2O5/c1-4-27-18(23)12-16(15-10-8-13(2)9-11-15)21-20(24)19-14(3)6-5-7-17(19)22(25)26/h5-11,16H,4,12H2,1-3H3,(H,21,24). The molecule has 1 N–H and O–H groups in total. The summed E-state index contributed by atoms with van der Waals surface area (Å²) in [5.41, 5.74) is 1.96. The molecule has 27 heavy (non-hydrogen) atoms. The van der Waals surface area contributed by atoms with Gasteiger partial charge in [0.25, 0.3) is 11.6 Å². The minimum Gasteiger partial charge on any atom is -0.466 e. The van der Waals surface area contributed by atoms with Gasteiger partial charge in [0.2, 0.25) is 0 Å². The number of hydrogen-bond donors (Lipinski definition) is 1. The summed E-state index contributed by atoms with van der Waals surface area (Å²) in [5, 5.41) is 14.0. The Bertz CT molecular complexity index is 846. The minimum absolute atomic E-state index is 0.0107. The van der Waals surface area contributed by atoms with Gasteiger partial charge in [0.1, 0.15) is 5.56 Å². The van der Waals surface area contributed by atoms with Gasteiger partial charge >= 0.3 is 5.97 Å². The lowest BCUT2D eigenvalue weighted by Gasteiger charge is -2.19. The van der Waals surface area contributed by atoms with Crippen LogP contribution >= 0.6 is 0 Å². The van der Waals surface area contributed by atoms with Gasteiger partial charge in [-0.25, -0.2) is 0 Å². The first-order chi connectivity index (χ1) is 12.8. The fraction of sp³-hybridized carbons (Fsp3) is 0.300. The first-order valence-electron chi connectivity index (χ1n) is 8.60.